The molecule has 4 nitrogen and oxygen atoms in total. The minimum atomic E-state index is -0.514. The van der Waals surface area contributed by atoms with Gasteiger partial charge in [-0.1, -0.05) is 67.1 Å². The molecule has 2 aromatic carbocycles. The average molecular weight is 373 g/mol. The van der Waals surface area contributed by atoms with Gasteiger partial charge in [0.2, 0.25) is 11.8 Å². The smallest absolute Gasteiger partial charge is 0.242 e. The second-order valence-corrected chi connectivity index (χ2v) is 6.54. The van der Waals surface area contributed by atoms with E-state index in [-0.39, 0.29) is 11.8 Å². The summed E-state index contributed by atoms with van der Waals surface area (Å²) in [6, 6.07) is 16.8. The molecular formula is C21H25ClN2O2. The third-order valence-corrected chi connectivity index (χ3v) is 4.77. The highest BCUT2D eigenvalue weighted by atomic mass is 35.5. The summed E-state index contributed by atoms with van der Waals surface area (Å²) in [5, 5.41) is 3.26. The lowest BCUT2D eigenvalue weighted by molar-refractivity contribution is -0.141. The molecule has 0 bridgehead atoms. The molecule has 2 amide bonds. The summed E-state index contributed by atoms with van der Waals surface area (Å²) in [4.78, 5) is 26.9. The van der Waals surface area contributed by atoms with Crippen LogP contribution < -0.4 is 5.32 Å². The summed E-state index contributed by atoms with van der Waals surface area (Å²) in [7, 11) is 1.59. The first-order valence-electron chi connectivity index (χ1n) is 8.85. The molecule has 26 heavy (non-hydrogen) atoms. The van der Waals surface area contributed by atoms with Crippen LogP contribution in [0.25, 0.3) is 0 Å². The Morgan fingerprint density at radius 2 is 1.73 bits per heavy atom. The minimum Gasteiger partial charge on any atom is -0.357 e. The fourth-order valence-corrected chi connectivity index (χ4v) is 3.13. The molecule has 0 aromatic heterocycles. The Balaban J connectivity index is 2.19. The third kappa shape index (κ3) is 5.33. The van der Waals surface area contributed by atoms with Crippen molar-refractivity contribution in [3.8, 4) is 0 Å². The normalized spacial score (nSPS) is 11.7. The summed E-state index contributed by atoms with van der Waals surface area (Å²) in [5.41, 5.74) is 1.94. The van der Waals surface area contributed by atoms with Crippen molar-refractivity contribution < 1.29 is 9.59 Å². The van der Waals surface area contributed by atoms with E-state index in [1.54, 1.807) is 18.0 Å². The number of hydrogen-bond donors (Lipinski definition) is 1. The average Bonchev–Trinajstić information content (AvgIpc) is 2.67. The van der Waals surface area contributed by atoms with Crippen molar-refractivity contribution >= 4 is 23.4 Å². The van der Waals surface area contributed by atoms with Crippen molar-refractivity contribution in [3.05, 3.63) is 70.7 Å². The van der Waals surface area contributed by atoms with E-state index in [0.717, 1.165) is 11.1 Å². The summed E-state index contributed by atoms with van der Waals surface area (Å²) >= 11 is 6.27. The van der Waals surface area contributed by atoms with Crippen LogP contribution in [0.15, 0.2) is 54.6 Å². The highest BCUT2D eigenvalue weighted by Gasteiger charge is 2.28. The number of amides is 2. The van der Waals surface area contributed by atoms with Crippen molar-refractivity contribution in [2.24, 2.45) is 0 Å². The first kappa shape index (κ1) is 20.0. The van der Waals surface area contributed by atoms with Crippen LogP contribution in [0.3, 0.4) is 0 Å². The van der Waals surface area contributed by atoms with E-state index < -0.39 is 6.04 Å². The molecule has 0 spiro atoms. The molecule has 2 aromatic rings. The number of aryl methyl sites for hydroxylation is 1. The zero-order chi connectivity index (χ0) is 18.9. The Morgan fingerprint density at radius 1 is 1.08 bits per heavy atom. The van der Waals surface area contributed by atoms with Gasteiger partial charge in [0.15, 0.2) is 0 Å². The first-order chi connectivity index (χ1) is 12.6. The predicted octanol–water partition coefficient (Wildman–Crippen LogP) is 3.83. The monoisotopic (exact) mass is 372 g/mol. The molecule has 1 atom stereocenters. The Kier molecular flexibility index (Phi) is 7.67. The largest absolute Gasteiger partial charge is 0.357 e. The molecule has 0 saturated carbocycles. The highest BCUT2D eigenvalue weighted by molar-refractivity contribution is 6.31. The zero-order valence-electron chi connectivity index (χ0n) is 15.2. The third-order valence-electron chi connectivity index (χ3n) is 4.40. The predicted molar refractivity (Wildman–Crippen MR) is 105 cm³/mol. The van der Waals surface area contributed by atoms with Crippen LogP contribution in [0.5, 0.6) is 0 Å². The molecule has 0 aliphatic carbocycles. The highest BCUT2D eigenvalue weighted by Crippen LogP contribution is 2.20. The summed E-state index contributed by atoms with van der Waals surface area (Å²) in [5.74, 6) is -0.211. The van der Waals surface area contributed by atoms with Crippen molar-refractivity contribution in [1.29, 1.82) is 0 Å². The SMILES string of the molecule is CC[C@@H](C(=O)NC)N(Cc1ccccc1Cl)C(=O)CCc1ccccc1. The topological polar surface area (TPSA) is 49.4 Å². The van der Waals surface area contributed by atoms with Gasteiger partial charge in [0.25, 0.3) is 0 Å². The number of rotatable bonds is 8. The van der Waals surface area contributed by atoms with Crippen LogP contribution in [0.2, 0.25) is 5.02 Å². The van der Waals surface area contributed by atoms with Crippen molar-refractivity contribution in [2.45, 2.75) is 38.8 Å². The lowest BCUT2D eigenvalue weighted by atomic mass is 10.1. The van der Waals surface area contributed by atoms with Gasteiger partial charge in [0.05, 0.1) is 0 Å². The maximum absolute atomic E-state index is 13.0. The molecule has 0 heterocycles. The Bertz CT molecular complexity index is 734. The van der Waals surface area contributed by atoms with Crippen LogP contribution in [0.1, 0.15) is 30.9 Å². The van der Waals surface area contributed by atoms with Crippen LogP contribution in [0.4, 0.5) is 0 Å². The molecule has 0 unspecified atom stereocenters. The van der Waals surface area contributed by atoms with Gasteiger partial charge in [0.1, 0.15) is 6.04 Å². The van der Waals surface area contributed by atoms with E-state index in [9.17, 15) is 9.59 Å². The minimum absolute atomic E-state index is 0.0516. The maximum Gasteiger partial charge on any atom is 0.242 e. The molecule has 0 aliphatic heterocycles. The van der Waals surface area contributed by atoms with E-state index in [4.69, 9.17) is 11.6 Å². The van der Waals surface area contributed by atoms with E-state index in [0.29, 0.717) is 30.8 Å². The van der Waals surface area contributed by atoms with Crippen molar-refractivity contribution in [3.63, 3.8) is 0 Å². The van der Waals surface area contributed by atoms with Gasteiger partial charge in [0, 0.05) is 25.0 Å². The molecule has 138 valence electrons. The fourth-order valence-electron chi connectivity index (χ4n) is 2.94. The standard InChI is InChI=1S/C21H25ClN2O2/c1-3-19(21(26)23-2)24(15-17-11-7-8-12-18(17)22)20(25)14-13-16-9-5-4-6-10-16/h4-12,19H,3,13-15H2,1-2H3,(H,23,26)/t19-/m0/s1. The molecule has 2 rings (SSSR count). The van der Waals surface area contributed by atoms with Crippen molar-refractivity contribution in [1.82, 2.24) is 10.2 Å². The van der Waals surface area contributed by atoms with Gasteiger partial charge >= 0.3 is 0 Å². The fraction of sp³-hybridized carbons (Fsp3) is 0.333. The van der Waals surface area contributed by atoms with Crippen LogP contribution >= 0.6 is 11.6 Å². The Hall–Kier alpha value is -2.33. The van der Waals surface area contributed by atoms with Gasteiger partial charge in [-0.2, -0.15) is 0 Å². The van der Waals surface area contributed by atoms with Crippen LogP contribution in [-0.4, -0.2) is 29.8 Å². The number of hydrogen-bond acceptors (Lipinski definition) is 2. The molecular weight excluding hydrogens is 348 g/mol. The Labute approximate surface area is 160 Å². The molecule has 1 N–H and O–H groups in total. The molecule has 5 heteroatoms. The van der Waals surface area contributed by atoms with Gasteiger partial charge in [-0.3, -0.25) is 9.59 Å². The number of carbonyl (C=O) groups is 2. The molecule has 0 fully saturated rings. The number of nitrogens with zero attached hydrogens (tertiary/aromatic N) is 1. The van der Waals surface area contributed by atoms with Gasteiger partial charge in [-0.05, 0) is 30.0 Å². The number of benzene rings is 2. The summed E-state index contributed by atoms with van der Waals surface area (Å²) in [6.07, 6.45) is 1.53. The lowest BCUT2D eigenvalue weighted by Gasteiger charge is -2.30. The number of halogens is 1. The van der Waals surface area contributed by atoms with Crippen LogP contribution in [-0.2, 0) is 22.6 Å². The van der Waals surface area contributed by atoms with E-state index in [2.05, 4.69) is 5.32 Å². The van der Waals surface area contributed by atoms with E-state index >= 15 is 0 Å². The summed E-state index contributed by atoms with van der Waals surface area (Å²) < 4.78 is 0. The lowest BCUT2D eigenvalue weighted by Crippen LogP contribution is -2.48. The second-order valence-electron chi connectivity index (χ2n) is 6.14. The van der Waals surface area contributed by atoms with E-state index in [1.807, 2.05) is 55.5 Å². The number of likely N-dealkylation sites (N-methyl/N-ethyl adjacent to an activating group) is 1. The quantitative estimate of drug-likeness (QED) is 0.765. The molecule has 0 aliphatic rings. The number of nitrogens with one attached hydrogen (secondary N) is 1. The van der Waals surface area contributed by atoms with Gasteiger partial charge < -0.3 is 10.2 Å². The zero-order valence-corrected chi connectivity index (χ0v) is 16.0. The molecule has 0 radical (unpaired) electrons. The molecule has 0 saturated heterocycles. The van der Waals surface area contributed by atoms with Gasteiger partial charge in [-0.15, -0.1) is 0 Å². The summed E-state index contributed by atoms with van der Waals surface area (Å²) in [6.45, 7) is 2.23. The first-order valence-corrected chi connectivity index (χ1v) is 9.23. The van der Waals surface area contributed by atoms with E-state index in [1.165, 1.54) is 0 Å². The van der Waals surface area contributed by atoms with Crippen LogP contribution in [0, 0.1) is 0 Å². The second kappa shape index (κ2) is 9.97. The Morgan fingerprint density at radius 3 is 2.35 bits per heavy atom. The number of carbonyl (C=O) groups excluding carboxylic acids is 2. The van der Waals surface area contributed by atoms with Crippen molar-refractivity contribution in [2.75, 3.05) is 7.05 Å². The maximum atomic E-state index is 13.0. The van der Waals surface area contributed by atoms with Gasteiger partial charge in [-0.25, -0.2) is 0 Å².